The molecule has 4 nitrogen and oxygen atoms in total. The summed E-state index contributed by atoms with van der Waals surface area (Å²) in [6, 6.07) is 9.76. The number of carbonyl (C=O) groups excluding carboxylic acids is 1. The predicted molar refractivity (Wildman–Crippen MR) is 96.1 cm³/mol. The highest BCUT2D eigenvalue weighted by Crippen LogP contribution is 2.32. The fraction of sp³-hybridized carbons (Fsp3) is 0.400. The molecule has 0 aliphatic heterocycles. The van der Waals surface area contributed by atoms with Crippen LogP contribution in [0.5, 0.6) is 0 Å². The number of amides is 1. The van der Waals surface area contributed by atoms with E-state index in [1.54, 1.807) is 28.0 Å². The molecule has 2 aromatic rings. The minimum atomic E-state index is -0.187. The largest absolute Gasteiger partial charge is 0.312 e. The van der Waals surface area contributed by atoms with E-state index < -0.39 is 0 Å². The number of benzene rings is 1. The summed E-state index contributed by atoms with van der Waals surface area (Å²) in [5.74, 6) is 1.07. The molecule has 1 aromatic carbocycles. The van der Waals surface area contributed by atoms with Crippen molar-refractivity contribution in [1.29, 1.82) is 0 Å². The molecule has 0 spiro atoms. The van der Waals surface area contributed by atoms with Crippen molar-refractivity contribution in [3.63, 3.8) is 0 Å². The highest BCUT2D eigenvalue weighted by molar-refractivity contribution is 8.03. The number of thioether (sulfide) groups is 2. The van der Waals surface area contributed by atoms with Crippen molar-refractivity contribution in [2.75, 3.05) is 17.2 Å². The third-order valence-corrected chi connectivity index (χ3v) is 6.04. The first-order chi connectivity index (χ1) is 10.7. The van der Waals surface area contributed by atoms with Gasteiger partial charge in [-0.05, 0) is 31.7 Å². The van der Waals surface area contributed by atoms with E-state index in [0.717, 1.165) is 20.1 Å². The van der Waals surface area contributed by atoms with Gasteiger partial charge in [0.05, 0.1) is 5.25 Å². The summed E-state index contributed by atoms with van der Waals surface area (Å²) < 4.78 is 1.81. The second-order valence-electron chi connectivity index (χ2n) is 4.45. The van der Waals surface area contributed by atoms with Gasteiger partial charge >= 0.3 is 0 Å². The van der Waals surface area contributed by atoms with E-state index in [1.165, 1.54) is 11.8 Å². The van der Waals surface area contributed by atoms with Crippen molar-refractivity contribution in [2.45, 2.75) is 34.7 Å². The van der Waals surface area contributed by atoms with E-state index in [-0.39, 0.29) is 11.2 Å². The highest BCUT2D eigenvalue weighted by Gasteiger charge is 2.23. The van der Waals surface area contributed by atoms with E-state index in [9.17, 15) is 4.79 Å². The van der Waals surface area contributed by atoms with E-state index in [2.05, 4.69) is 17.1 Å². The number of hydrogen-bond donors (Lipinski definition) is 0. The van der Waals surface area contributed by atoms with Gasteiger partial charge in [-0.2, -0.15) is 0 Å². The SMILES string of the molecule is CCSc1nnc(SC(C)C(=O)N(CC)c2ccccc2)s1. The van der Waals surface area contributed by atoms with E-state index >= 15 is 0 Å². The Balaban J connectivity index is 2.03. The van der Waals surface area contributed by atoms with Crippen LogP contribution in [0.3, 0.4) is 0 Å². The Morgan fingerprint density at radius 3 is 2.55 bits per heavy atom. The Morgan fingerprint density at radius 1 is 1.23 bits per heavy atom. The number of aromatic nitrogens is 2. The molecule has 0 saturated carbocycles. The first-order valence-corrected chi connectivity index (χ1v) is 9.83. The lowest BCUT2D eigenvalue weighted by molar-refractivity contribution is -0.117. The second-order valence-corrected chi connectivity index (χ2v) is 8.52. The Kier molecular flexibility index (Phi) is 6.72. The summed E-state index contributed by atoms with van der Waals surface area (Å²) in [7, 11) is 0. The molecule has 0 radical (unpaired) electrons. The topological polar surface area (TPSA) is 46.1 Å². The molecule has 0 aliphatic rings. The van der Waals surface area contributed by atoms with Crippen molar-refractivity contribution in [3.05, 3.63) is 30.3 Å². The summed E-state index contributed by atoms with van der Waals surface area (Å²) in [4.78, 5) is 14.5. The molecule has 0 N–H and O–H groups in total. The van der Waals surface area contributed by atoms with Crippen molar-refractivity contribution in [2.24, 2.45) is 0 Å². The van der Waals surface area contributed by atoms with Crippen molar-refractivity contribution < 1.29 is 4.79 Å². The first kappa shape index (κ1) is 17.3. The standard InChI is InChI=1S/C15H19N3OS3/c1-4-18(12-9-7-6-8-10-12)13(19)11(3)21-15-17-16-14(22-15)20-5-2/h6-11H,4-5H2,1-3H3. The average molecular weight is 354 g/mol. The fourth-order valence-electron chi connectivity index (χ4n) is 1.92. The maximum Gasteiger partial charge on any atom is 0.240 e. The third-order valence-electron chi connectivity index (χ3n) is 2.93. The Hall–Kier alpha value is -1.05. The average Bonchev–Trinajstić information content (AvgIpc) is 2.96. The molecule has 7 heteroatoms. The Morgan fingerprint density at radius 2 is 1.91 bits per heavy atom. The predicted octanol–water partition coefficient (Wildman–Crippen LogP) is 4.18. The zero-order valence-electron chi connectivity index (χ0n) is 12.9. The molecule has 1 atom stereocenters. The van der Waals surface area contributed by atoms with Gasteiger partial charge in [-0.3, -0.25) is 4.79 Å². The first-order valence-electron chi connectivity index (χ1n) is 7.15. The molecule has 0 bridgehead atoms. The summed E-state index contributed by atoms with van der Waals surface area (Å²) >= 11 is 4.70. The molecular weight excluding hydrogens is 334 g/mol. The van der Waals surface area contributed by atoms with Gasteiger partial charge in [-0.25, -0.2) is 0 Å². The highest BCUT2D eigenvalue weighted by atomic mass is 32.2. The van der Waals surface area contributed by atoms with Crippen LogP contribution < -0.4 is 4.90 Å². The van der Waals surface area contributed by atoms with Crippen LogP contribution in [0.25, 0.3) is 0 Å². The van der Waals surface area contributed by atoms with Crippen LogP contribution in [0.4, 0.5) is 5.69 Å². The third kappa shape index (κ3) is 4.47. The van der Waals surface area contributed by atoms with Crippen molar-refractivity contribution in [3.8, 4) is 0 Å². The maximum absolute atomic E-state index is 12.7. The lowest BCUT2D eigenvalue weighted by atomic mass is 10.2. The number of rotatable bonds is 7. The Labute approximate surface area is 143 Å². The van der Waals surface area contributed by atoms with E-state index in [0.29, 0.717) is 6.54 Å². The monoisotopic (exact) mass is 353 g/mol. The van der Waals surface area contributed by atoms with Crippen LogP contribution in [0.1, 0.15) is 20.8 Å². The number of nitrogens with zero attached hydrogens (tertiary/aromatic N) is 3. The fourth-order valence-corrected chi connectivity index (χ4v) is 5.04. The van der Waals surface area contributed by atoms with Crippen LogP contribution in [0, 0.1) is 0 Å². The van der Waals surface area contributed by atoms with E-state index in [1.807, 2.05) is 44.2 Å². The molecular formula is C15H19N3OS3. The van der Waals surface area contributed by atoms with Gasteiger partial charge in [0.15, 0.2) is 8.68 Å². The molecule has 1 heterocycles. The molecule has 0 saturated heterocycles. The van der Waals surface area contributed by atoms with Crippen molar-refractivity contribution >= 4 is 46.5 Å². The molecule has 2 rings (SSSR count). The van der Waals surface area contributed by atoms with Gasteiger partial charge in [0, 0.05) is 12.2 Å². The van der Waals surface area contributed by atoms with Crippen LogP contribution in [-0.4, -0.2) is 33.7 Å². The molecule has 1 aromatic heterocycles. The Bertz CT molecular complexity index is 603. The normalized spacial score (nSPS) is 12.1. The quantitative estimate of drug-likeness (QED) is 0.699. The summed E-state index contributed by atoms with van der Waals surface area (Å²) in [5, 5.41) is 8.09. The van der Waals surface area contributed by atoms with Gasteiger partial charge in [0.25, 0.3) is 0 Å². The van der Waals surface area contributed by atoms with Crippen LogP contribution in [0.2, 0.25) is 0 Å². The minimum Gasteiger partial charge on any atom is -0.312 e. The number of para-hydroxylation sites is 1. The molecule has 22 heavy (non-hydrogen) atoms. The lowest BCUT2D eigenvalue weighted by Gasteiger charge is -2.23. The maximum atomic E-state index is 12.7. The van der Waals surface area contributed by atoms with Gasteiger partial charge in [-0.15, -0.1) is 10.2 Å². The number of carbonyl (C=O) groups is 1. The summed E-state index contributed by atoms with van der Waals surface area (Å²) in [6.45, 7) is 6.65. The number of hydrogen-bond acceptors (Lipinski definition) is 6. The molecule has 0 aliphatic carbocycles. The van der Waals surface area contributed by atoms with Gasteiger partial charge in [0.1, 0.15) is 0 Å². The lowest BCUT2D eigenvalue weighted by Crippen LogP contribution is -2.36. The molecule has 1 unspecified atom stereocenters. The number of anilines is 1. The van der Waals surface area contributed by atoms with E-state index in [4.69, 9.17) is 0 Å². The zero-order valence-corrected chi connectivity index (χ0v) is 15.3. The smallest absolute Gasteiger partial charge is 0.240 e. The molecule has 118 valence electrons. The summed E-state index contributed by atoms with van der Waals surface area (Å²) in [6.07, 6.45) is 0. The summed E-state index contributed by atoms with van der Waals surface area (Å²) in [5.41, 5.74) is 0.932. The molecule has 1 amide bonds. The van der Waals surface area contributed by atoms with Gasteiger partial charge < -0.3 is 4.90 Å². The molecule has 0 fully saturated rings. The van der Waals surface area contributed by atoms with Gasteiger partial charge in [0.2, 0.25) is 5.91 Å². The second kappa shape index (κ2) is 8.55. The van der Waals surface area contributed by atoms with Crippen molar-refractivity contribution in [1.82, 2.24) is 10.2 Å². The van der Waals surface area contributed by atoms with Gasteiger partial charge in [-0.1, -0.05) is 60.0 Å². The van der Waals surface area contributed by atoms with Crippen LogP contribution >= 0.6 is 34.9 Å². The zero-order chi connectivity index (χ0) is 15.9. The minimum absolute atomic E-state index is 0.0959. The van der Waals surface area contributed by atoms with Crippen LogP contribution in [-0.2, 0) is 4.79 Å². The van der Waals surface area contributed by atoms with Crippen LogP contribution in [0.15, 0.2) is 39.0 Å².